The number of rotatable bonds is 24. The van der Waals surface area contributed by atoms with Crippen LogP contribution in [0.1, 0.15) is 174 Å². The van der Waals surface area contributed by atoms with E-state index in [1.54, 1.807) is 0 Å². The van der Waals surface area contributed by atoms with E-state index in [4.69, 9.17) is 0 Å². The number of likely N-dealkylation sites (tertiary alicyclic amines) is 1. The Morgan fingerprint density at radius 2 is 0.939 bits per heavy atom. The molecule has 33 heavy (non-hydrogen) atoms. The molecule has 1 saturated heterocycles. The molecule has 0 saturated carbocycles. The van der Waals surface area contributed by atoms with Gasteiger partial charge in [-0.15, -0.1) is 0 Å². The molecule has 0 aromatic heterocycles. The van der Waals surface area contributed by atoms with Crippen LogP contribution in [0.15, 0.2) is 0 Å². The van der Waals surface area contributed by atoms with Crippen molar-refractivity contribution in [1.29, 1.82) is 0 Å². The SMILES string of the molecule is CCCCCC(C)CCCCCCCCCCCCCCCCCCCC(=O)N1CCCC1. The lowest BCUT2D eigenvalue weighted by molar-refractivity contribution is -0.130. The zero-order valence-electron chi connectivity index (χ0n) is 23.0. The first kappa shape index (κ1) is 30.5. The highest BCUT2D eigenvalue weighted by atomic mass is 16.2. The predicted molar refractivity (Wildman–Crippen MR) is 147 cm³/mol. The van der Waals surface area contributed by atoms with Crippen LogP contribution in [0, 0.1) is 5.92 Å². The van der Waals surface area contributed by atoms with E-state index in [2.05, 4.69) is 18.7 Å². The Hall–Kier alpha value is -0.530. The third kappa shape index (κ3) is 19.5. The zero-order chi connectivity index (χ0) is 23.8. The van der Waals surface area contributed by atoms with E-state index in [-0.39, 0.29) is 0 Å². The van der Waals surface area contributed by atoms with Crippen LogP contribution in [0.5, 0.6) is 0 Å². The summed E-state index contributed by atoms with van der Waals surface area (Å²) in [6, 6.07) is 0. The fourth-order valence-electron chi connectivity index (χ4n) is 5.43. The van der Waals surface area contributed by atoms with E-state index in [1.807, 2.05) is 0 Å². The number of amides is 1. The zero-order valence-corrected chi connectivity index (χ0v) is 23.0. The van der Waals surface area contributed by atoms with Crippen LogP contribution in [-0.2, 0) is 4.79 Å². The van der Waals surface area contributed by atoms with Gasteiger partial charge in [0.05, 0.1) is 0 Å². The maximum absolute atomic E-state index is 12.0. The van der Waals surface area contributed by atoms with Crippen molar-refractivity contribution in [3.63, 3.8) is 0 Å². The highest BCUT2D eigenvalue weighted by Crippen LogP contribution is 2.18. The molecule has 196 valence electrons. The number of hydrogen-bond donors (Lipinski definition) is 0. The van der Waals surface area contributed by atoms with Gasteiger partial charge in [-0.25, -0.2) is 0 Å². The normalized spacial score (nSPS) is 14.8. The van der Waals surface area contributed by atoms with E-state index in [9.17, 15) is 4.79 Å². The topological polar surface area (TPSA) is 20.3 Å². The van der Waals surface area contributed by atoms with Crippen molar-refractivity contribution in [2.24, 2.45) is 5.92 Å². The van der Waals surface area contributed by atoms with Gasteiger partial charge in [0.15, 0.2) is 0 Å². The number of carbonyl (C=O) groups is 1. The van der Waals surface area contributed by atoms with Crippen molar-refractivity contribution in [3.8, 4) is 0 Å². The van der Waals surface area contributed by atoms with Crippen LogP contribution in [0.2, 0.25) is 0 Å². The quantitative estimate of drug-likeness (QED) is 0.130. The Kier molecular flexibility index (Phi) is 21.5. The molecule has 2 nitrogen and oxygen atoms in total. The first-order chi connectivity index (χ1) is 16.2. The Bertz CT molecular complexity index is 415. The molecule has 0 N–H and O–H groups in total. The molecular formula is C31H61NO. The van der Waals surface area contributed by atoms with Gasteiger partial charge >= 0.3 is 0 Å². The van der Waals surface area contributed by atoms with Gasteiger partial charge in [-0.3, -0.25) is 4.79 Å². The molecule has 0 aromatic rings. The van der Waals surface area contributed by atoms with E-state index < -0.39 is 0 Å². The van der Waals surface area contributed by atoms with Crippen LogP contribution >= 0.6 is 0 Å². The summed E-state index contributed by atoms with van der Waals surface area (Å²) in [5.41, 5.74) is 0. The molecule has 0 spiro atoms. The molecule has 1 atom stereocenters. The fourth-order valence-corrected chi connectivity index (χ4v) is 5.43. The van der Waals surface area contributed by atoms with Gasteiger partial charge < -0.3 is 4.90 Å². The van der Waals surface area contributed by atoms with E-state index >= 15 is 0 Å². The monoisotopic (exact) mass is 463 g/mol. The van der Waals surface area contributed by atoms with Crippen LogP contribution in [0.4, 0.5) is 0 Å². The summed E-state index contributed by atoms with van der Waals surface area (Å²) in [6.45, 7) is 6.78. The standard InChI is InChI=1S/C31H61NO/c1-3-4-20-25-30(2)26-21-18-16-14-12-10-8-6-5-7-9-11-13-15-17-19-22-27-31(33)32-28-23-24-29-32/h30H,3-29H2,1-2H3. The molecular weight excluding hydrogens is 402 g/mol. The highest BCUT2D eigenvalue weighted by molar-refractivity contribution is 5.76. The minimum atomic E-state index is 0.408. The van der Waals surface area contributed by atoms with Gasteiger partial charge in [0.2, 0.25) is 5.91 Å². The van der Waals surface area contributed by atoms with E-state index in [1.165, 1.54) is 148 Å². The molecule has 1 fully saturated rings. The summed E-state index contributed by atoms with van der Waals surface area (Å²) in [5, 5.41) is 0. The molecule has 1 unspecified atom stereocenters. The Labute approximate surface area is 209 Å². The molecule has 1 rings (SSSR count). The molecule has 0 aliphatic carbocycles. The van der Waals surface area contributed by atoms with Crippen LogP contribution in [0.3, 0.4) is 0 Å². The fraction of sp³-hybridized carbons (Fsp3) is 0.968. The number of carbonyl (C=O) groups excluding carboxylic acids is 1. The number of nitrogens with zero attached hydrogens (tertiary/aromatic N) is 1. The van der Waals surface area contributed by atoms with E-state index in [0.717, 1.165) is 31.8 Å². The summed E-state index contributed by atoms with van der Waals surface area (Å²) in [6.07, 6.45) is 34.3. The molecule has 1 aliphatic heterocycles. The number of hydrogen-bond acceptors (Lipinski definition) is 1. The first-order valence-electron chi connectivity index (χ1n) is 15.5. The molecule has 1 heterocycles. The minimum Gasteiger partial charge on any atom is -0.343 e. The van der Waals surface area contributed by atoms with Gasteiger partial charge in [-0.1, -0.05) is 149 Å². The third-order valence-corrected chi connectivity index (χ3v) is 7.85. The maximum atomic E-state index is 12.0. The first-order valence-corrected chi connectivity index (χ1v) is 15.5. The summed E-state index contributed by atoms with van der Waals surface area (Å²) >= 11 is 0. The van der Waals surface area contributed by atoms with Gasteiger partial charge in [-0.2, -0.15) is 0 Å². The lowest BCUT2D eigenvalue weighted by Gasteiger charge is -2.14. The maximum Gasteiger partial charge on any atom is 0.222 e. The largest absolute Gasteiger partial charge is 0.343 e. The van der Waals surface area contributed by atoms with E-state index in [0.29, 0.717) is 5.91 Å². The summed E-state index contributed by atoms with van der Waals surface area (Å²) in [7, 11) is 0. The van der Waals surface area contributed by atoms with Crippen molar-refractivity contribution >= 4 is 5.91 Å². The van der Waals surface area contributed by atoms with Gasteiger partial charge in [0, 0.05) is 19.5 Å². The predicted octanol–water partition coefficient (Wildman–Crippen LogP) is 10.2. The van der Waals surface area contributed by atoms with Crippen LogP contribution < -0.4 is 0 Å². The number of unbranched alkanes of at least 4 members (excludes halogenated alkanes) is 18. The molecule has 1 amide bonds. The van der Waals surface area contributed by atoms with Crippen molar-refractivity contribution < 1.29 is 4.79 Å². The van der Waals surface area contributed by atoms with Crippen molar-refractivity contribution in [1.82, 2.24) is 4.90 Å². The van der Waals surface area contributed by atoms with Crippen molar-refractivity contribution in [2.75, 3.05) is 13.1 Å². The van der Waals surface area contributed by atoms with Crippen LogP contribution in [0.25, 0.3) is 0 Å². The summed E-state index contributed by atoms with van der Waals surface area (Å²) < 4.78 is 0. The minimum absolute atomic E-state index is 0.408. The van der Waals surface area contributed by atoms with Gasteiger partial charge in [0.25, 0.3) is 0 Å². The second kappa shape index (κ2) is 23.2. The lowest BCUT2D eigenvalue weighted by Crippen LogP contribution is -2.27. The molecule has 2 heteroatoms. The Morgan fingerprint density at radius 1 is 0.576 bits per heavy atom. The Balaban J connectivity index is 1.68. The smallest absolute Gasteiger partial charge is 0.222 e. The Morgan fingerprint density at radius 3 is 1.36 bits per heavy atom. The average Bonchev–Trinajstić information content (AvgIpc) is 3.36. The second-order valence-corrected chi connectivity index (χ2v) is 11.2. The highest BCUT2D eigenvalue weighted by Gasteiger charge is 2.16. The molecule has 0 aromatic carbocycles. The molecule has 1 aliphatic rings. The lowest BCUT2D eigenvalue weighted by atomic mass is 9.96. The second-order valence-electron chi connectivity index (χ2n) is 11.2. The average molecular weight is 464 g/mol. The molecule has 0 bridgehead atoms. The van der Waals surface area contributed by atoms with Gasteiger partial charge in [0.1, 0.15) is 0 Å². The van der Waals surface area contributed by atoms with Crippen molar-refractivity contribution in [3.05, 3.63) is 0 Å². The van der Waals surface area contributed by atoms with Gasteiger partial charge in [-0.05, 0) is 25.2 Å². The third-order valence-electron chi connectivity index (χ3n) is 7.85. The summed E-state index contributed by atoms with van der Waals surface area (Å²) in [4.78, 5) is 14.1. The summed E-state index contributed by atoms with van der Waals surface area (Å²) in [5.74, 6) is 1.36. The molecule has 0 radical (unpaired) electrons. The van der Waals surface area contributed by atoms with Crippen molar-refractivity contribution in [2.45, 2.75) is 174 Å². The van der Waals surface area contributed by atoms with Crippen LogP contribution in [-0.4, -0.2) is 23.9 Å².